The standard InChI is InChI=1S/C12H23NO4/c1-8(10-6-5-9(7-14)16-10)13-11(15)17-12(2,3)4/h8-10,14H,5-7H2,1-4H3,(H,13,15)/t8-,9-,10-/m0/s1. The monoisotopic (exact) mass is 245 g/mol. The minimum Gasteiger partial charge on any atom is -0.444 e. The lowest BCUT2D eigenvalue weighted by atomic mass is 10.1. The van der Waals surface area contributed by atoms with Gasteiger partial charge in [-0.15, -0.1) is 0 Å². The smallest absolute Gasteiger partial charge is 0.407 e. The molecule has 100 valence electrons. The van der Waals surface area contributed by atoms with Crippen LogP contribution in [0.15, 0.2) is 0 Å². The van der Waals surface area contributed by atoms with Crippen molar-refractivity contribution in [3.05, 3.63) is 0 Å². The molecule has 0 spiro atoms. The number of aliphatic hydroxyl groups is 1. The highest BCUT2D eigenvalue weighted by Crippen LogP contribution is 2.22. The molecule has 1 saturated heterocycles. The molecule has 0 unspecified atom stereocenters. The van der Waals surface area contributed by atoms with Gasteiger partial charge in [-0.2, -0.15) is 0 Å². The van der Waals surface area contributed by atoms with Gasteiger partial charge in [0.2, 0.25) is 0 Å². The van der Waals surface area contributed by atoms with Crippen LogP contribution in [0.25, 0.3) is 0 Å². The fraction of sp³-hybridized carbons (Fsp3) is 0.917. The third kappa shape index (κ3) is 4.91. The molecule has 1 aliphatic heterocycles. The summed E-state index contributed by atoms with van der Waals surface area (Å²) in [5.74, 6) is 0. The molecule has 1 amide bonds. The Morgan fingerprint density at radius 1 is 1.53 bits per heavy atom. The molecule has 0 bridgehead atoms. The Hall–Kier alpha value is -0.810. The Balaban J connectivity index is 2.34. The van der Waals surface area contributed by atoms with E-state index in [1.54, 1.807) is 0 Å². The zero-order chi connectivity index (χ0) is 13.1. The maximum absolute atomic E-state index is 11.5. The maximum atomic E-state index is 11.5. The molecule has 0 aromatic carbocycles. The van der Waals surface area contributed by atoms with Crippen LogP contribution in [0.1, 0.15) is 40.5 Å². The Morgan fingerprint density at radius 3 is 2.65 bits per heavy atom. The van der Waals surface area contributed by atoms with Gasteiger partial charge in [0.1, 0.15) is 5.60 Å². The normalized spacial score (nSPS) is 26.6. The molecular formula is C12H23NO4. The second kappa shape index (κ2) is 5.69. The van der Waals surface area contributed by atoms with Crippen molar-refractivity contribution >= 4 is 6.09 Å². The number of alkyl carbamates (subject to hydrolysis) is 1. The van der Waals surface area contributed by atoms with Crippen LogP contribution in [0.5, 0.6) is 0 Å². The highest BCUT2D eigenvalue weighted by Gasteiger charge is 2.30. The molecule has 0 saturated carbocycles. The molecule has 1 rings (SSSR count). The van der Waals surface area contributed by atoms with Crippen LogP contribution in [0.4, 0.5) is 4.79 Å². The van der Waals surface area contributed by atoms with Crippen molar-refractivity contribution in [3.8, 4) is 0 Å². The summed E-state index contributed by atoms with van der Waals surface area (Å²) in [6.07, 6.45) is 1.12. The number of ether oxygens (including phenoxy) is 2. The average Bonchev–Trinajstić information content (AvgIpc) is 2.62. The summed E-state index contributed by atoms with van der Waals surface area (Å²) in [5.41, 5.74) is -0.492. The predicted molar refractivity (Wildman–Crippen MR) is 63.8 cm³/mol. The number of hydrogen-bond acceptors (Lipinski definition) is 4. The largest absolute Gasteiger partial charge is 0.444 e. The van der Waals surface area contributed by atoms with Gasteiger partial charge < -0.3 is 19.9 Å². The molecule has 1 heterocycles. The molecule has 5 heteroatoms. The first kappa shape index (κ1) is 14.3. The number of carbonyl (C=O) groups is 1. The van der Waals surface area contributed by atoms with Crippen LogP contribution in [0, 0.1) is 0 Å². The number of carbonyl (C=O) groups excluding carboxylic acids is 1. The lowest BCUT2D eigenvalue weighted by molar-refractivity contribution is -0.00566. The van der Waals surface area contributed by atoms with Crippen molar-refractivity contribution in [2.45, 2.75) is 64.4 Å². The van der Waals surface area contributed by atoms with E-state index in [1.807, 2.05) is 27.7 Å². The van der Waals surface area contributed by atoms with Gasteiger partial charge >= 0.3 is 6.09 Å². The van der Waals surface area contributed by atoms with E-state index in [0.29, 0.717) is 0 Å². The second-order valence-electron chi connectivity index (χ2n) is 5.49. The summed E-state index contributed by atoms with van der Waals surface area (Å²) in [6, 6.07) is -0.110. The van der Waals surface area contributed by atoms with Crippen LogP contribution >= 0.6 is 0 Å². The van der Waals surface area contributed by atoms with Crippen LogP contribution in [-0.4, -0.2) is 41.7 Å². The molecule has 3 atom stereocenters. The summed E-state index contributed by atoms with van der Waals surface area (Å²) in [5, 5.41) is 11.7. The lowest BCUT2D eigenvalue weighted by Gasteiger charge is -2.24. The van der Waals surface area contributed by atoms with E-state index in [-0.39, 0.29) is 24.9 Å². The molecule has 5 nitrogen and oxygen atoms in total. The van der Waals surface area contributed by atoms with Crippen molar-refractivity contribution < 1.29 is 19.4 Å². The van der Waals surface area contributed by atoms with Crippen LogP contribution in [-0.2, 0) is 9.47 Å². The molecule has 2 N–H and O–H groups in total. The van der Waals surface area contributed by atoms with Crippen LogP contribution in [0.2, 0.25) is 0 Å². The minimum absolute atomic E-state index is 0.0374. The van der Waals surface area contributed by atoms with E-state index in [0.717, 1.165) is 12.8 Å². The van der Waals surface area contributed by atoms with Gasteiger partial charge in [-0.05, 0) is 40.5 Å². The summed E-state index contributed by atoms with van der Waals surface area (Å²) < 4.78 is 10.7. The van der Waals surface area contributed by atoms with Gasteiger partial charge in [0, 0.05) is 0 Å². The molecule has 0 aliphatic carbocycles. The summed E-state index contributed by atoms with van der Waals surface area (Å²) in [4.78, 5) is 11.5. The van der Waals surface area contributed by atoms with Gasteiger partial charge in [0.25, 0.3) is 0 Å². The zero-order valence-corrected chi connectivity index (χ0v) is 11.0. The highest BCUT2D eigenvalue weighted by atomic mass is 16.6. The molecular weight excluding hydrogens is 222 g/mol. The first-order valence-corrected chi connectivity index (χ1v) is 6.07. The third-order valence-electron chi connectivity index (χ3n) is 2.65. The number of aliphatic hydroxyl groups excluding tert-OH is 1. The number of rotatable bonds is 3. The number of hydrogen-bond donors (Lipinski definition) is 2. The summed E-state index contributed by atoms with van der Waals surface area (Å²) in [7, 11) is 0. The van der Waals surface area contributed by atoms with E-state index in [4.69, 9.17) is 14.6 Å². The van der Waals surface area contributed by atoms with E-state index in [1.165, 1.54) is 0 Å². The fourth-order valence-electron chi connectivity index (χ4n) is 1.82. The summed E-state index contributed by atoms with van der Waals surface area (Å²) in [6.45, 7) is 7.39. The molecule has 0 aromatic rings. The Bertz CT molecular complexity index is 262. The maximum Gasteiger partial charge on any atom is 0.407 e. The Morgan fingerprint density at radius 2 is 2.18 bits per heavy atom. The van der Waals surface area contributed by atoms with Crippen molar-refractivity contribution in [1.29, 1.82) is 0 Å². The van der Waals surface area contributed by atoms with E-state index in [9.17, 15) is 4.79 Å². The van der Waals surface area contributed by atoms with E-state index in [2.05, 4.69) is 5.32 Å². The molecule has 1 fully saturated rings. The van der Waals surface area contributed by atoms with E-state index >= 15 is 0 Å². The first-order valence-electron chi connectivity index (χ1n) is 6.07. The molecule has 17 heavy (non-hydrogen) atoms. The van der Waals surface area contributed by atoms with Gasteiger partial charge in [0.15, 0.2) is 0 Å². The topological polar surface area (TPSA) is 67.8 Å². The fourth-order valence-corrected chi connectivity index (χ4v) is 1.82. The Labute approximate surface area is 102 Å². The van der Waals surface area contributed by atoms with Crippen molar-refractivity contribution in [1.82, 2.24) is 5.32 Å². The van der Waals surface area contributed by atoms with Crippen molar-refractivity contribution in [3.63, 3.8) is 0 Å². The zero-order valence-electron chi connectivity index (χ0n) is 11.0. The van der Waals surface area contributed by atoms with Gasteiger partial charge in [0.05, 0.1) is 24.9 Å². The third-order valence-corrected chi connectivity index (χ3v) is 2.65. The SMILES string of the molecule is C[C@H](NC(=O)OC(C)(C)C)[C@@H]1CC[C@@H](CO)O1. The van der Waals surface area contributed by atoms with Crippen molar-refractivity contribution in [2.24, 2.45) is 0 Å². The van der Waals surface area contributed by atoms with Crippen molar-refractivity contribution in [2.75, 3.05) is 6.61 Å². The van der Waals surface area contributed by atoms with Gasteiger partial charge in [-0.1, -0.05) is 0 Å². The molecule has 1 aliphatic rings. The number of nitrogens with one attached hydrogen (secondary N) is 1. The van der Waals surface area contributed by atoms with Gasteiger partial charge in [-0.3, -0.25) is 0 Å². The van der Waals surface area contributed by atoms with Crippen LogP contribution in [0.3, 0.4) is 0 Å². The predicted octanol–water partition coefficient (Wildman–Crippen LogP) is 1.44. The summed E-state index contributed by atoms with van der Waals surface area (Å²) >= 11 is 0. The molecule has 0 radical (unpaired) electrons. The van der Waals surface area contributed by atoms with Gasteiger partial charge in [-0.25, -0.2) is 4.79 Å². The minimum atomic E-state index is -0.492. The lowest BCUT2D eigenvalue weighted by Crippen LogP contribution is -2.43. The van der Waals surface area contributed by atoms with E-state index < -0.39 is 11.7 Å². The number of amides is 1. The average molecular weight is 245 g/mol. The first-order chi connectivity index (χ1) is 7.81. The molecule has 0 aromatic heterocycles. The quantitative estimate of drug-likeness (QED) is 0.789. The van der Waals surface area contributed by atoms with Crippen LogP contribution < -0.4 is 5.32 Å². The highest BCUT2D eigenvalue weighted by molar-refractivity contribution is 5.68. The Kier molecular flexibility index (Phi) is 4.77. The second-order valence-corrected chi connectivity index (χ2v) is 5.49.